The van der Waals surface area contributed by atoms with Crippen molar-refractivity contribution >= 4 is 42.9 Å². The molecule has 0 N–H and O–H groups in total. The van der Waals surface area contributed by atoms with Gasteiger partial charge in [0.2, 0.25) is 0 Å². The molecule has 122 valence electrons. The SMILES string of the molecule is O=S(=O)(F)Oc1ccc2oc3ccc(OS(=O)(=O)F)cc3c2c1. The minimum Gasteiger partial charge on any atom is -0.456 e. The van der Waals surface area contributed by atoms with Crippen molar-refractivity contribution in [3.05, 3.63) is 36.4 Å². The number of fused-ring (bicyclic) bond motifs is 3. The molecule has 0 fully saturated rings. The van der Waals surface area contributed by atoms with Gasteiger partial charge < -0.3 is 12.8 Å². The Morgan fingerprint density at radius 3 is 1.48 bits per heavy atom. The molecule has 3 rings (SSSR count). The van der Waals surface area contributed by atoms with Gasteiger partial charge >= 0.3 is 21.0 Å². The summed E-state index contributed by atoms with van der Waals surface area (Å²) in [6, 6.07) is 7.36. The van der Waals surface area contributed by atoms with E-state index < -0.39 is 21.0 Å². The summed E-state index contributed by atoms with van der Waals surface area (Å²) < 4.78 is 80.8. The van der Waals surface area contributed by atoms with Crippen molar-refractivity contribution < 1.29 is 37.4 Å². The van der Waals surface area contributed by atoms with E-state index in [4.69, 9.17) is 4.42 Å². The lowest BCUT2D eigenvalue weighted by atomic mass is 10.1. The van der Waals surface area contributed by atoms with Crippen molar-refractivity contribution in [1.29, 1.82) is 0 Å². The zero-order valence-electron chi connectivity index (χ0n) is 10.9. The van der Waals surface area contributed by atoms with Gasteiger partial charge in [-0.15, -0.1) is 0 Å². The molecule has 11 heteroatoms. The van der Waals surface area contributed by atoms with E-state index in [1.165, 1.54) is 36.4 Å². The molecule has 0 saturated heterocycles. The third-order valence-electron chi connectivity index (χ3n) is 2.80. The van der Waals surface area contributed by atoms with E-state index >= 15 is 0 Å². The van der Waals surface area contributed by atoms with Crippen LogP contribution in [0.15, 0.2) is 40.8 Å². The van der Waals surface area contributed by atoms with Gasteiger partial charge in [0, 0.05) is 10.8 Å². The van der Waals surface area contributed by atoms with Crippen LogP contribution in [-0.2, 0) is 21.0 Å². The Kier molecular flexibility index (Phi) is 3.41. The molecule has 0 radical (unpaired) electrons. The molecule has 1 aromatic heterocycles. The third-order valence-corrected chi connectivity index (χ3v) is 3.59. The quantitative estimate of drug-likeness (QED) is 0.656. The summed E-state index contributed by atoms with van der Waals surface area (Å²) in [7, 11) is -10.4. The van der Waals surface area contributed by atoms with Crippen LogP contribution < -0.4 is 8.37 Å². The summed E-state index contributed by atoms with van der Waals surface area (Å²) in [4.78, 5) is 0. The van der Waals surface area contributed by atoms with E-state index in [1.807, 2.05) is 0 Å². The lowest BCUT2D eigenvalue weighted by molar-refractivity contribution is 0.438. The zero-order valence-corrected chi connectivity index (χ0v) is 12.5. The van der Waals surface area contributed by atoms with Crippen LogP contribution in [-0.4, -0.2) is 16.8 Å². The second-order valence-electron chi connectivity index (χ2n) is 4.37. The minimum atomic E-state index is -5.20. The fourth-order valence-electron chi connectivity index (χ4n) is 2.07. The van der Waals surface area contributed by atoms with Crippen LogP contribution in [0, 0.1) is 0 Å². The Hall–Kier alpha value is -2.40. The highest BCUT2D eigenvalue weighted by atomic mass is 32.3. The fourth-order valence-corrected chi connectivity index (χ4v) is 2.74. The second-order valence-corrected chi connectivity index (χ2v) is 6.28. The van der Waals surface area contributed by atoms with E-state index in [2.05, 4.69) is 8.37 Å². The summed E-state index contributed by atoms with van der Waals surface area (Å²) in [5, 5.41) is 0.589. The van der Waals surface area contributed by atoms with Crippen LogP contribution in [0.4, 0.5) is 7.77 Å². The molecule has 3 aromatic rings. The maximum atomic E-state index is 12.6. The molecular formula is C12H6F2O7S2. The van der Waals surface area contributed by atoms with Crippen LogP contribution in [0.1, 0.15) is 0 Å². The molecule has 23 heavy (non-hydrogen) atoms. The van der Waals surface area contributed by atoms with Crippen LogP contribution in [0.5, 0.6) is 11.5 Å². The smallest absolute Gasteiger partial charge is 0.456 e. The van der Waals surface area contributed by atoms with E-state index in [0.29, 0.717) is 21.9 Å². The van der Waals surface area contributed by atoms with Crippen molar-refractivity contribution in [1.82, 2.24) is 0 Å². The van der Waals surface area contributed by atoms with Gasteiger partial charge in [-0.25, -0.2) is 0 Å². The Labute approximate surface area is 128 Å². The molecule has 2 aromatic carbocycles. The summed E-state index contributed by atoms with van der Waals surface area (Å²) in [6.45, 7) is 0. The number of rotatable bonds is 4. The first kappa shape index (κ1) is 15.5. The van der Waals surface area contributed by atoms with Crippen molar-refractivity contribution in [2.24, 2.45) is 0 Å². The fraction of sp³-hybridized carbons (Fsp3) is 0. The van der Waals surface area contributed by atoms with Crippen LogP contribution in [0.25, 0.3) is 21.9 Å². The molecular weight excluding hydrogens is 358 g/mol. The molecule has 0 aliphatic heterocycles. The van der Waals surface area contributed by atoms with Crippen LogP contribution >= 0.6 is 0 Å². The molecule has 0 saturated carbocycles. The lowest BCUT2D eigenvalue weighted by Gasteiger charge is -2.00. The average Bonchev–Trinajstić information content (AvgIpc) is 2.73. The topological polar surface area (TPSA) is 99.9 Å². The molecule has 0 aliphatic carbocycles. The summed E-state index contributed by atoms with van der Waals surface area (Å²) >= 11 is 0. The first-order valence-electron chi connectivity index (χ1n) is 5.85. The predicted octanol–water partition coefficient (Wildman–Crippen LogP) is 2.77. The van der Waals surface area contributed by atoms with Crippen molar-refractivity contribution in [3.8, 4) is 11.5 Å². The van der Waals surface area contributed by atoms with Crippen LogP contribution in [0.2, 0.25) is 0 Å². The lowest BCUT2D eigenvalue weighted by Crippen LogP contribution is -2.01. The molecule has 0 bridgehead atoms. The van der Waals surface area contributed by atoms with E-state index in [0.717, 1.165) is 0 Å². The Bertz CT molecular complexity index is 1030. The van der Waals surface area contributed by atoms with Crippen molar-refractivity contribution in [3.63, 3.8) is 0 Å². The van der Waals surface area contributed by atoms with E-state index in [9.17, 15) is 24.6 Å². The number of hydrogen-bond acceptors (Lipinski definition) is 7. The molecule has 0 unspecified atom stereocenters. The van der Waals surface area contributed by atoms with E-state index in [-0.39, 0.29) is 11.5 Å². The van der Waals surface area contributed by atoms with Crippen molar-refractivity contribution in [2.45, 2.75) is 0 Å². The summed E-state index contributed by atoms with van der Waals surface area (Å²) in [5.74, 6) is -0.626. The normalized spacial score (nSPS) is 12.6. The maximum Gasteiger partial charge on any atom is 0.488 e. The first-order chi connectivity index (χ1) is 10.6. The van der Waals surface area contributed by atoms with Gasteiger partial charge in [-0.05, 0) is 36.4 Å². The Morgan fingerprint density at radius 1 is 0.739 bits per heavy atom. The Morgan fingerprint density at radius 2 is 1.13 bits per heavy atom. The van der Waals surface area contributed by atoms with Gasteiger partial charge in [-0.2, -0.15) is 16.8 Å². The summed E-state index contributed by atoms with van der Waals surface area (Å²) in [6.07, 6.45) is 0. The van der Waals surface area contributed by atoms with E-state index in [1.54, 1.807) is 0 Å². The number of furan rings is 1. The number of halogens is 2. The number of benzene rings is 2. The van der Waals surface area contributed by atoms with Gasteiger partial charge in [-0.1, -0.05) is 7.77 Å². The summed E-state index contributed by atoms with van der Waals surface area (Å²) in [5.41, 5.74) is 0.590. The van der Waals surface area contributed by atoms with Gasteiger partial charge in [0.05, 0.1) is 0 Å². The standard InChI is InChI=1S/C12H6F2O7S2/c13-22(15,16)20-7-1-3-11-9(5-7)10-6-8(21-23(14,17)18)2-4-12(10)19-11/h1-6H. The number of hydrogen-bond donors (Lipinski definition) is 0. The largest absolute Gasteiger partial charge is 0.488 e. The minimum absolute atomic E-state index is 0.294. The maximum absolute atomic E-state index is 12.6. The average molecular weight is 364 g/mol. The molecule has 0 aliphatic rings. The van der Waals surface area contributed by atoms with Crippen molar-refractivity contribution in [2.75, 3.05) is 0 Å². The molecule has 0 amide bonds. The highest BCUT2D eigenvalue weighted by Gasteiger charge is 2.15. The molecule has 0 atom stereocenters. The zero-order chi connectivity index (χ0) is 16.8. The highest BCUT2D eigenvalue weighted by Crippen LogP contribution is 2.34. The molecule has 0 spiro atoms. The van der Waals surface area contributed by atoms with Gasteiger partial charge in [0.15, 0.2) is 0 Å². The third kappa shape index (κ3) is 3.51. The van der Waals surface area contributed by atoms with Crippen LogP contribution in [0.3, 0.4) is 0 Å². The molecule has 7 nitrogen and oxygen atoms in total. The predicted molar refractivity (Wildman–Crippen MR) is 75.0 cm³/mol. The van der Waals surface area contributed by atoms with Gasteiger partial charge in [0.25, 0.3) is 0 Å². The second kappa shape index (κ2) is 5.06. The highest BCUT2D eigenvalue weighted by molar-refractivity contribution is 7.82. The Balaban J connectivity index is 2.16. The monoisotopic (exact) mass is 364 g/mol. The van der Waals surface area contributed by atoms with Gasteiger partial charge in [0.1, 0.15) is 22.7 Å². The first-order valence-corrected chi connectivity index (χ1v) is 8.47. The van der Waals surface area contributed by atoms with Gasteiger partial charge in [-0.3, -0.25) is 0 Å². The molecule has 1 heterocycles.